The van der Waals surface area contributed by atoms with Crippen LogP contribution in [-0.4, -0.2) is 26.4 Å². The topological polar surface area (TPSA) is 47.6 Å². The normalized spacial score (nSPS) is 10.2. The zero-order valence-corrected chi connectivity index (χ0v) is 14.4. The van der Waals surface area contributed by atoms with Crippen LogP contribution in [0.2, 0.25) is 0 Å². The van der Waals surface area contributed by atoms with Crippen LogP contribution in [0.25, 0.3) is 0 Å². The van der Waals surface area contributed by atoms with Crippen LogP contribution in [-0.2, 0) is 12.3 Å². The highest BCUT2D eigenvalue weighted by Crippen LogP contribution is 2.27. The molecule has 0 aromatic heterocycles. The van der Waals surface area contributed by atoms with Gasteiger partial charge in [-0.3, -0.25) is 4.79 Å². The maximum absolute atomic E-state index is 12.2. The van der Waals surface area contributed by atoms with Gasteiger partial charge in [0.25, 0.3) is 5.91 Å². The first-order valence-electron chi connectivity index (χ1n) is 7.25. The summed E-state index contributed by atoms with van der Waals surface area (Å²) < 4.78 is 10.5. The summed E-state index contributed by atoms with van der Waals surface area (Å²) in [6, 6.07) is 13.3. The molecule has 0 aliphatic heterocycles. The highest BCUT2D eigenvalue weighted by molar-refractivity contribution is 7.97. The summed E-state index contributed by atoms with van der Waals surface area (Å²) in [5.41, 5.74) is 2.83. The monoisotopic (exact) mass is 331 g/mol. The predicted octanol–water partition coefficient (Wildman–Crippen LogP) is 3.50. The number of nitrogens with one attached hydrogen (secondary N) is 1. The molecule has 23 heavy (non-hydrogen) atoms. The molecule has 0 radical (unpaired) electrons. The molecule has 0 spiro atoms. The van der Waals surface area contributed by atoms with Gasteiger partial charge in [-0.2, -0.15) is 11.8 Å². The van der Waals surface area contributed by atoms with Crippen molar-refractivity contribution in [3.63, 3.8) is 0 Å². The van der Waals surface area contributed by atoms with Crippen molar-refractivity contribution in [2.45, 2.75) is 12.3 Å². The van der Waals surface area contributed by atoms with E-state index in [1.807, 2.05) is 42.5 Å². The quantitative estimate of drug-likeness (QED) is 0.843. The Hall–Kier alpha value is -2.14. The Morgan fingerprint density at radius 3 is 2.26 bits per heavy atom. The maximum Gasteiger partial charge on any atom is 0.251 e. The Labute approximate surface area is 141 Å². The molecule has 0 aliphatic rings. The second-order valence-electron chi connectivity index (χ2n) is 5.00. The van der Waals surface area contributed by atoms with Gasteiger partial charge in [-0.15, -0.1) is 0 Å². The summed E-state index contributed by atoms with van der Waals surface area (Å²) in [5, 5.41) is 2.91. The summed E-state index contributed by atoms with van der Waals surface area (Å²) in [6.45, 7) is 0.436. The van der Waals surface area contributed by atoms with Crippen molar-refractivity contribution < 1.29 is 14.3 Å². The Kier molecular flexibility index (Phi) is 6.35. The minimum absolute atomic E-state index is 0.0875. The molecular weight excluding hydrogens is 310 g/mol. The second-order valence-corrected chi connectivity index (χ2v) is 5.87. The zero-order chi connectivity index (χ0) is 16.7. The van der Waals surface area contributed by atoms with Crippen LogP contribution in [0.3, 0.4) is 0 Å². The van der Waals surface area contributed by atoms with Crippen molar-refractivity contribution in [2.75, 3.05) is 20.5 Å². The molecule has 0 heterocycles. The van der Waals surface area contributed by atoms with E-state index in [1.165, 1.54) is 5.56 Å². The first kappa shape index (κ1) is 17.2. The minimum atomic E-state index is -0.0875. The van der Waals surface area contributed by atoms with Gasteiger partial charge in [-0.1, -0.05) is 18.2 Å². The van der Waals surface area contributed by atoms with Gasteiger partial charge in [0.05, 0.1) is 14.2 Å². The van der Waals surface area contributed by atoms with Crippen LogP contribution in [0, 0.1) is 0 Å². The summed E-state index contributed by atoms with van der Waals surface area (Å²) in [5.74, 6) is 2.19. The van der Waals surface area contributed by atoms with Crippen LogP contribution < -0.4 is 14.8 Å². The Morgan fingerprint density at radius 2 is 1.65 bits per heavy atom. The van der Waals surface area contributed by atoms with E-state index in [9.17, 15) is 4.79 Å². The summed E-state index contributed by atoms with van der Waals surface area (Å²) in [7, 11) is 3.19. The number of rotatable bonds is 7. The smallest absolute Gasteiger partial charge is 0.251 e. The molecule has 2 aromatic rings. The van der Waals surface area contributed by atoms with E-state index >= 15 is 0 Å². The average Bonchev–Trinajstić information content (AvgIpc) is 2.60. The van der Waals surface area contributed by atoms with Gasteiger partial charge in [0, 0.05) is 17.9 Å². The largest absolute Gasteiger partial charge is 0.493 e. The van der Waals surface area contributed by atoms with Gasteiger partial charge >= 0.3 is 0 Å². The fraction of sp³-hybridized carbons (Fsp3) is 0.278. The molecule has 0 fully saturated rings. The molecule has 0 saturated carbocycles. The fourth-order valence-corrected chi connectivity index (χ4v) is 2.72. The Balaban J connectivity index is 1.98. The lowest BCUT2D eigenvalue weighted by atomic mass is 10.1. The third kappa shape index (κ3) is 4.66. The SMILES string of the molecule is COc1ccc(CNC(=O)c2ccc(CSC)cc2)cc1OC. The third-order valence-electron chi connectivity index (χ3n) is 3.43. The van der Waals surface area contributed by atoms with E-state index in [0.29, 0.717) is 23.6 Å². The van der Waals surface area contributed by atoms with Crippen molar-refractivity contribution in [1.82, 2.24) is 5.32 Å². The Morgan fingerprint density at radius 1 is 1.00 bits per heavy atom. The molecule has 5 heteroatoms. The number of methoxy groups -OCH3 is 2. The lowest BCUT2D eigenvalue weighted by Gasteiger charge is -2.10. The van der Waals surface area contributed by atoms with E-state index in [-0.39, 0.29) is 5.91 Å². The highest BCUT2D eigenvalue weighted by Gasteiger charge is 2.08. The second kappa shape index (κ2) is 8.48. The molecule has 1 amide bonds. The van der Waals surface area contributed by atoms with Crippen molar-refractivity contribution >= 4 is 17.7 Å². The number of benzene rings is 2. The Bertz CT molecular complexity index is 656. The van der Waals surface area contributed by atoms with Crippen molar-refractivity contribution in [3.05, 3.63) is 59.2 Å². The molecule has 0 saturated heterocycles. The van der Waals surface area contributed by atoms with E-state index in [4.69, 9.17) is 9.47 Å². The lowest BCUT2D eigenvalue weighted by molar-refractivity contribution is 0.0951. The molecule has 122 valence electrons. The number of hydrogen-bond acceptors (Lipinski definition) is 4. The maximum atomic E-state index is 12.2. The van der Waals surface area contributed by atoms with Gasteiger partial charge < -0.3 is 14.8 Å². The van der Waals surface area contributed by atoms with Crippen molar-refractivity contribution in [1.29, 1.82) is 0 Å². The van der Waals surface area contributed by atoms with Crippen molar-refractivity contribution in [3.8, 4) is 11.5 Å². The van der Waals surface area contributed by atoms with E-state index in [2.05, 4.69) is 11.6 Å². The van der Waals surface area contributed by atoms with E-state index < -0.39 is 0 Å². The number of amides is 1. The van der Waals surface area contributed by atoms with Gasteiger partial charge in [-0.05, 0) is 41.6 Å². The molecule has 1 N–H and O–H groups in total. The highest BCUT2D eigenvalue weighted by atomic mass is 32.2. The van der Waals surface area contributed by atoms with Crippen LogP contribution >= 0.6 is 11.8 Å². The summed E-state index contributed by atoms with van der Waals surface area (Å²) in [4.78, 5) is 12.2. The van der Waals surface area contributed by atoms with Crippen LogP contribution in [0.15, 0.2) is 42.5 Å². The summed E-state index contributed by atoms with van der Waals surface area (Å²) >= 11 is 1.76. The van der Waals surface area contributed by atoms with Crippen LogP contribution in [0.5, 0.6) is 11.5 Å². The molecule has 0 bridgehead atoms. The number of thioether (sulfide) groups is 1. The molecule has 2 rings (SSSR count). The fourth-order valence-electron chi connectivity index (χ4n) is 2.19. The molecule has 0 unspecified atom stereocenters. The molecule has 0 atom stereocenters. The van der Waals surface area contributed by atoms with Gasteiger partial charge in [0.15, 0.2) is 11.5 Å². The first-order chi connectivity index (χ1) is 11.2. The first-order valence-corrected chi connectivity index (χ1v) is 8.64. The number of hydrogen-bond donors (Lipinski definition) is 1. The minimum Gasteiger partial charge on any atom is -0.493 e. The van der Waals surface area contributed by atoms with Gasteiger partial charge in [-0.25, -0.2) is 0 Å². The average molecular weight is 331 g/mol. The molecule has 2 aromatic carbocycles. The molecule has 0 aliphatic carbocycles. The number of carbonyl (C=O) groups is 1. The van der Waals surface area contributed by atoms with Crippen molar-refractivity contribution in [2.24, 2.45) is 0 Å². The molecule has 4 nitrogen and oxygen atoms in total. The number of carbonyl (C=O) groups excluding carboxylic acids is 1. The lowest BCUT2D eigenvalue weighted by Crippen LogP contribution is -2.22. The third-order valence-corrected chi connectivity index (χ3v) is 4.05. The van der Waals surface area contributed by atoms with E-state index in [1.54, 1.807) is 26.0 Å². The summed E-state index contributed by atoms with van der Waals surface area (Å²) in [6.07, 6.45) is 2.06. The predicted molar refractivity (Wildman–Crippen MR) is 94.4 cm³/mol. The number of ether oxygens (including phenoxy) is 2. The molecular formula is C18H21NO3S. The zero-order valence-electron chi connectivity index (χ0n) is 13.6. The standard InChI is InChI=1S/C18H21NO3S/c1-21-16-9-6-14(10-17(16)22-2)11-19-18(20)15-7-4-13(5-8-15)12-23-3/h4-10H,11-12H2,1-3H3,(H,19,20). The van der Waals surface area contributed by atoms with Crippen LogP contribution in [0.4, 0.5) is 0 Å². The van der Waals surface area contributed by atoms with Gasteiger partial charge in [0.1, 0.15) is 0 Å². The van der Waals surface area contributed by atoms with E-state index in [0.717, 1.165) is 11.3 Å². The van der Waals surface area contributed by atoms with Gasteiger partial charge in [0.2, 0.25) is 0 Å². The van der Waals surface area contributed by atoms with Crippen LogP contribution in [0.1, 0.15) is 21.5 Å².